The molecule has 0 amide bonds. The number of hydrogen-bond donors (Lipinski definition) is 0. The van der Waals surface area contributed by atoms with Gasteiger partial charge >= 0.3 is 24.0 Å². The maximum atomic E-state index is 13.6. The Morgan fingerprint density at radius 3 is 2.23 bits per heavy atom. The second-order valence-electron chi connectivity index (χ2n) is 7.50. The minimum absolute atomic E-state index is 0.0934. The molecule has 10 heteroatoms. The maximum absolute atomic E-state index is 13.6. The van der Waals surface area contributed by atoms with Crippen LogP contribution in [0, 0.1) is 5.92 Å². The van der Waals surface area contributed by atoms with Crippen LogP contribution < -0.4 is 0 Å². The van der Waals surface area contributed by atoms with E-state index in [1.165, 1.54) is 0 Å². The molecule has 0 aromatic heterocycles. The third-order valence-corrected chi connectivity index (χ3v) is 6.00. The summed E-state index contributed by atoms with van der Waals surface area (Å²) in [6, 6.07) is -0.205. The van der Waals surface area contributed by atoms with E-state index in [4.69, 9.17) is 0 Å². The predicted molar refractivity (Wildman–Crippen MR) is 78.0 cm³/mol. The molecule has 1 aliphatic carbocycles. The van der Waals surface area contributed by atoms with Crippen LogP contribution in [0.3, 0.4) is 0 Å². The van der Waals surface area contributed by atoms with Gasteiger partial charge in [-0.05, 0) is 33.7 Å². The summed E-state index contributed by atoms with van der Waals surface area (Å²) < 4.78 is 94.7. The number of carbonyl (C=O) groups is 1. The second-order valence-corrected chi connectivity index (χ2v) is 7.50. The van der Waals surface area contributed by atoms with Gasteiger partial charge in [-0.25, -0.2) is 4.79 Å². The van der Waals surface area contributed by atoms with Crippen molar-refractivity contribution in [3.63, 3.8) is 0 Å². The van der Waals surface area contributed by atoms with Crippen molar-refractivity contribution in [3.05, 3.63) is 0 Å². The minimum Gasteiger partial charge on any atom is -0.457 e. The topological polar surface area (TPSA) is 29.5 Å². The number of fused-ring (bicyclic) bond motifs is 1. The molecule has 0 spiro atoms. The average molecular weight is 393 g/mol. The Hall–Kier alpha value is -1.06. The number of likely N-dealkylation sites (tertiary alicyclic amines) is 1. The van der Waals surface area contributed by atoms with Gasteiger partial charge in [0.25, 0.3) is 0 Å². The van der Waals surface area contributed by atoms with Gasteiger partial charge < -0.3 is 4.74 Å². The lowest BCUT2D eigenvalue weighted by atomic mass is 9.66. The van der Waals surface area contributed by atoms with Crippen molar-refractivity contribution in [2.24, 2.45) is 5.92 Å². The standard InChI is InChI=1S/C16H22F7NO2/c1-9-8-11(10-6-4-5-7-13(10,2)24(9)3)26-12(25)14(17,18)15(19,20)16(21,22)23/h9-11H,4-8H2,1-3H3. The van der Waals surface area contributed by atoms with Crippen molar-refractivity contribution >= 4 is 5.97 Å². The quantitative estimate of drug-likeness (QED) is 0.526. The van der Waals surface area contributed by atoms with Crippen LogP contribution in [0.1, 0.15) is 46.0 Å². The van der Waals surface area contributed by atoms with E-state index in [0.29, 0.717) is 12.8 Å². The van der Waals surface area contributed by atoms with E-state index in [0.717, 1.165) is 12.8 Å². The molecule has 0 N–H and O–H groups in total. The first-order valence-electron chi connectivity index (χ1n) is 8.42. The lowest BCUT2D eigenvalue weighted by molar-refractivity contribution is -0.349. The van der Waals surface area contributed by atoms with E-state index in [2.05, 4.69) is 4.74 Å². The van der Waals surface area contributed by atoms with Gasteiger partial charge in [-0.1, -0.05) is 12.8 Å². The number of ether oxygens (including phenoxy) is 1. The summed E-state index contributed by atoms with van der Waals surface area (Å²) in [5.41, 5.74) is -0.497. The molecule has 26 heavy (non-hydrogen) atoms. The van der Waals surface area contributed by atoms with Crippen molar-refractivity contribution in [1.82, 2.24) is 4.90 Å². The number of carbonyl (C=O) groups excluding carboxylic acids is 1. The number of rotatable bonds is 3. The minimum atomic E-state index is -6.56. The smallest absolute Gasteiger partial charge is 0.457 e. The van der Waals surface area contributed by atoms with E-state index < -0.39 is 41.6 Å². The highest BCUT2D eigenvalue weighted by molar-refractivity contribution is 5.79. The molecular weight excluding hydrogens is 371 g/mol. The first-order valence-corrected chi connectivity index (χ1v) is 8.42. The first kappa shape index (κ1) is 21.2. The molecule has 1 heterocycles. The van der Waals surface area contributed by atoms with Gasteiger partial charge in [-0.3, -0.25) is 4.90 Å². The summed E-state index contributed by atoms with van der Waals surface area (Å²) in [5, 5.41) is 0. The largest absolute Gasteiger partial charge is 0.460 e. The number of piperidine rings is 1. The van der Waals surface area contributed by atoms with Gasteiger partial charge in [0.15, 0.2) is 0 Å². The van der Waals surface area contributed by atoms with Crippen LogP contribution in [0.5, 0.6) is 0 Å². The molecule has 0 bridgehead atoms. The van der Waals surface area contributed by atoms with Gasteiger partial charge in [-0.15, -0.1) is 0 Å². The molecule has 0 aromatic rings. The molecule has 0 aromatic carbocycles. The molecule has 2 rings (SSSR count). The van der Waals surface area contributed by atoms with Crippen LogP contribution in [0.2, 0.25) is 0 Å². The van der Waals surface area contributed by atoms with Crippen LogP contribution in [0.25, 0.3) is 0 Å². The third kappa shape index (κ3) is 3.18. The molecule has 1 aliphatic heterocycles. The monoisotopic (exact) mass is 393 g/mol. The predicted octanol–water partition coefficient (Wildman–Crippen LogP) is 4.40. The number of halogens is 7. The van der Waals surface area contributed by atoms with Gasteiger partial charge in [0.2, 0.25) is 0 Å². The fourth-order valence-electron chi connectivity index (χ4n) is 4.18. The van der Waals surface area contributed by atoms with Crippen LogP contribution >= 0.6 is 0 Å². The average Bonchev–Trinajstić information content (AvgIpc) is 2.51. The van der Waals surface area contributed by atoms with E-state index in [-0.39, 0.29) is 12.5 Å². The summed E-state index contributed by atoms with van der Waals surface area (Å²) in [6.45, 7) is 3.63. The van der Waals surface area contributed by atoms with Crippen molar-refractivity contribution < 1.29 is 40.3 Å². The highest BCUT2D eigenvalue weighted by Gasteiger charge is 2.77. The highest BCUT2D eigenvalue weighted by atomic mass is 19.4. The molecule has 1 saturated heterocycles. The second kappa shape index (κ2) is 6.53. The normalized spacial score (nSPS) is 34.3. The zero-order chi connectivity index (χ0) is 20.1. The maximum Gasteiger partial charge on any atom is 0.460 e. The van der Waals surface area contributed by atoms with Crippen molar-refractivity contribution in [2.75, 3.05) is 7.05 Å². The Kier molecular flexibility index (Phi) is 5.33. The fourth-order valence-corrected chi connectivity index (χ4v) is 4.18. The van der Waals surface area contributed by atoms with Crippen LogP contribution in [0.15, 0.2) is 0 Å². The van der Waals surface area contributed by atoms with Crippen molar-refractivity contribution in [3.8, 4) is 0 Å². The molecular formula is C16H22F7NO2. The summed E-state index contributed by atoms with van der Waals surface area (Å²) in [7, 11) is 1.84. The Morgan fingerprint density at radius 2 is 1.69 bits per heavy atom. The van der Waals surface area contributed by atoms with E-state index in [1.807, 2.05) is 18.9 Å². The number of hydrogen-bond acceptors (Lipinski definition) is 3. The Balaban J connectivity index is 2.25. The Labute approximate surface area is 146 Å². The van der Waals surface area contributed by atoms with Crippen LogP contribution in [0.4, 0.5) is 30.7 Å². The van der Waals surface area contributed by atoms with Crippen LogP contribution in [-0.4, -0.2) is 53.6 Å². The highest BCUT2D eigenvalue weighted by Crippen LogP contribution is 2.49. The van der Waals surface area contributed by atoms with Crippen molar-refractivity contribution in [2.45, 2.75) is 81.7 Å². The molecule has 2 fully saturated rings. The SMILES string of the molecule is CC1CC(OC(=O)C(F)(F)C(F)(F)C(F)(F)F)C2CCCCC2(C)N1C. The van der Waals surface area contributed by atoms with Crippen LogP contribution in [-0.2, 0) is 9.53 Å². The lowest BCUT2D eigenvalue weighted by Gasteiger charge is -2.56. The van der Waals surface area contributed by atoms with E-state index in [1.54, 1.807) is 6.92 Å². The zero-order valence-electron chi connectivity index (χ0n) is 14.7. The fraction of sp³-hybridized carbons (Fsp3) is 0.938. The first-order chi connectivity index (χ1) is 11.7. The molecule has 4 atom stereocenters. The summed E-state index contributed by atoms with van der Waals surface area (Å²) in [4.78, 5) is 13.7. The Morgan fingerprint density at radius 1 is 1.12 bits per heavy atom. The molecule has 4 unspecified atom stereocenters. The summed E-state index contributed by atoms with van der Waals surface area (Å²) in [6.07, 6.45) is -4.77. The molecule has 3 nitrogen and oxygen atoms in total. The van der Waals surface area contributed by atoms with Gasteiger partial charge in [0, 0.05) is 23.9 Å². The number of alkyl halides is 7. The molecule has 1 saturated carbocycles. The summed E-state index contributed by atoms with van der Waals surface area (Å²) in [5.74, 6) is -15.7. The zero-order valence-corrected chi connectivity index (χ0v) is 14.7. The molecule has 2 aliphatic rings. The van der Waals surface area contributed by atoms with Gasteiger partial charge in [-0.2, -0.15) is 30.7 Å². The van der Waals surface area contributed by atoms with Gasteiger partial charge in [0.05, 0.1) is 0 Å². The van der Waals surface area contributed by atoms with E-state index in [9.17, 15) is 35.5 Å². The van der Waals surface area contributed by atoms with E-state index >= 15 is 0 Å². The van der Waals surface area contributed by atoms with Crippen molar-refractivity contribution in [1.29, 1.82) is 0 Å². The molecule has 0 radical (unpaired) electrons. The third-order valence-electron chi connectivity index (χ3n) is 6.00. The Bertz CT molecular complexity index is 551. The van der Waals surface area contributed by atoms with Gasteiger partial charge in [0.1, 0.15) is 6.10 Å². The lowest BCUT2D eigenvalue weighted by Crippen LogP contribution is -2.64. The summed E-state index contributed by atoms with van der Waals surface area (Å²) >= 11 is 0. The number of esters is 1. The number of nitrogens with zero attached hydrogens (tertiary/aromatic N) is 1. The molecule has 152 valence electrons.